The molecule has 0 amide bonds. The molecule has 0 bridgehead atoms. The molecule has 160 valence electrons. The Morgan fingerprint density at radius 2 is 1.84 bits per heavy atom. The standard InChI is InChI=1S/C20H22N8O2S/c1-26-13-18(23-14-26)31(29,30)28-9-6-15-12-22-20(25-19(15)28)24-16-2-4-17(5-3-16)27-10-7-21-8-11-27/h2-6,9,12-14,21H,7-8,10-11H2,1H3,(H,22,24,25). The summed E-state index contributed by atoms with van der Waals surface area (Å²) in [5, 5.41) is 7.09. The minimum Gasteiger partial charge on any atom is -0.369 e. The van der Waals surface area contributed by atoms with E-state index in [4.69, 9.17) is 0 Å². The molecule has 1 aliphatic heterocycles. The average Bonchev–Trinajstić information content (AvgIpc) is 3.42. The quantitative estimate of drug-likeness (QED) is 0.483. The number of aryl methyl sites for hydroxylation is 1. The van der Waals surface area contributed by atoms with Crippen molar-refractivity contribution in [2.75, 3.05) is 36.4 Å². The van der Waals surface area contributed by atoms with Crippen LogP contribution in [0.3, 0.4) is 0 Å². The highest BCUT2D eigenvalue weighted by Crippen LogP contribution is 2.23. The highest BCUT2D eigenvalue weighted by Gasteiger charge is 2.22. The molecule has 0 saturated carbocycles. The highest BCUT2D eigenvalue weighted by molar-refractivity contribution is 7.90. The topological polar surface area (TPSA) is 110 Å². The predicted molar refractivity (Wildman–Crippen MR) is 118 cm³/mol. The molecule has 0 radical (unpaired) electrons. The largest absolute Gasteiger partial charge is 0.369 e. The van der Waals surface area contributed by atoms with Gasteiger partial charge in [0.2, 0.25) is 5.95 Å². The number of nitrogens with one attached hydrogen (secondary N) is 2. The Hall–Kier alpha value is -3.44. The number of imidazole rings is 1. The second-order valence-electron chi connectivity index (χ2n) is 7.38. The summed E-state index contributed by atoms with van der Waals surface area (Å²) >= 11 is 0. The highest BCUT2D eigenvalue weighted by atomic mass is 32.2. The average molecular weight is 439 g/mol. The minimum absolute atomic E-state index is 0.0378. The molecular weight excluding hydrogens is 416 g/mol. The third-order valence-electron chi connectivity index (χ3n) is 5.20. The molecule has 11 heteroatoms. The van der Waals surface area contributed by atoms with Gasteiger partial charge in [0.1, 0.15) is 0 Å². The zero-order chi connectivity index (χ0) is 21.4. The molecule has 3 aromatic heterocycles. The molecule has 0 spiro atoms. The van der Waals surface area contributed by atoms with Gasteiger partial charge in [0, 0.05) is 68.6 Å². The molecule has 0 aliphatic carbocycles. The van der Waals surface area contributed by atoms with Gasteiger partial charge >= 0.3 is 0 Å². The lowest BCUT2D eigenvalue weighted by molar-refractivity contribution is 0.585. The van der Waals surface area contributed by atoms with Crippen LogP contribution in [-0.2, 0) is 17.1 Å². The van der Waals surface area contributed by atoms with Gasteiger partial charge in [-0.15, -0.1) is 0 Å². The van der Waals surface area contributed by atoms with E-state index in [-0.39, 0.29) is 5.03 Å². The summed E-state index contributed by atoms with van der Waals surface area (Å²) in [6.07, 6.45) is 5.98. The van der Waals surface area contributed by atoms with Crippen LogP contribution in [0.1, 0.15) is 0 Å². The SMILES string of the molecule is Cn1cnc(S(=O)(=O)n2ccc3cnc(Nc4ccc(N5CCNCC5)cc4)nc32)c1. The van der Waals surface area contributed by atoms with Crippen molar-refractivity contribution in [3.8, 4) is 0 Å². The van der Waals surface area contributed by atoms with E-state index in [2.05, 4.69) is 42.6 Å². The normalized spacial score (nSPS) is 14.8. The smallest absolute Gasteiger partial charge is 0.288 e. The molecule has 1 fully saturated rings. The maximum atomic E-state index is 13.0. The van der Waals surface area contributed by atoms with E-state index >= 15 is 0 Å². The third-order valence-corrected chi connectivity index (χ3v) is 6.76. The van der Waals surface area contributed by atoms with Gasteiger partial charge in [-0.05, 0) is 30.3 Å². The summed E-state index contributed by atoms with van der Waals surface area (Å²) in [5.41, 5.74) is 2.28. The summed E-state index contributed by atoms with van der Waals surface area (Å²) < 4.78 is 28.7. The molecule has 1 saturated heterocycles. The number of fused-ring (bicyclic) bond motifs is 1. The zero-order valence-electron chi connectivity index (χ0n) is 16.9. The zero-order valence-corrected chi connectivity index (χ0v) is 17.7. The van der Waals surface area contributed by atoms with Crippen LogP contribution in [0.4, 0.5) is 17.3 Å². The van der Waals surface area contributed by atoms with Gasteiger partial charge in [0.25, 0.3) is 10.0 Å². The minimum atomic E-state index is -3.85. The first-order valence-electron chi connectivity index (χ1n) is 9.91. The predicted octanol–water partition coefficient (Wildman–Crippen LogP) is 1.55. The van der Waals surface area contributed by atoms with Crippen LogP contribution in [0.15, 0.2) is 60.3 Å². The summed E-state index contributed by atoms with van der Waals surface area (Å²) in [6.45, 7) is 3.92. The number of anilines is 3. The van der Waals surface area contributed by atoms with Crippen molar-refractivity contribution in [1.29, 1.82) is 0 Å². The molecule has 5 rings (SSSR count). The monoisotopic (exact) mass is 438 g/mol. The first kappa shape index (κ1) is 19.5. The third kappa shape index (κ3) is 3.73. The number of benzene rings is 1. The van der Waals surface area contributed by atoms with E-state index in [0.29, 0.717) is 17.0 Å². The van der Waals surface area contributed by atoms with Crippen molar-refractivity contribution in [3.05, 3.63) is 55.2 Å². The van der Waals surface area contributed by atoms with Crippen LogP contribution in [-0.4, -0.2) is 58.1 Å². The second kappa shape index (κ2) is 7.67. The molecule has 1 aromatic carbocycles. The van der Waals surface area contributed by atoms with Gasteiger partial charge in [-0.25, -0.2) is 13.9 Å². The van der Waals surface area contributed by atoms with Crippen LogP contribution in [0.25, 0.3) is 11.0 Å². The molecule has 1 aliphatic rings. The Bertz CT molecular complexity index is 1320. The number of piperazine rings is 1. The van der Waals surface area contributed by atoms with E-state index in [9.17, 15) is 8.42 Å². The molecule has 0 atom stereocenters. The van der Waals surface area contributed by atoms with Crippen molar-refractivity contribution < 1.29 is 8.42 Å². The number of rotatable bonds is 5. The van der Waals surface area contributed by atoms with Crippen molar-refractivity contribution in [2.45, 2.75) is 5.03 Å². The number of hydrogen-bond donors (Lipinski definition) is 2. The lowest BCUT2D eigenvalue weighted by Crippen LogP contribution is -2.43. The molecule has 31 heavy (non-hydrogen) atoms. The van der Waals surface area contributed by atoms with Gasteiger partial charge in [0.15, 0.2) is 10.7 Å². The summed E-state index contributed by atoms with van der Waals surface area (Å²) in [7, 11) is -2.13. The van der Waals surface area contributed by atoms with Crippen molar-refractivity contribution in [2.24, 2.45) is 7.05 Å². The van der Waals surface area contributed by atoms with Crippen LogP contribution in [0.5, 0.6) is 0 Å². The lowest BCUT2D eigenvalue weighted by atomic mass is 10.2. The summed E-state index contributed by atoms with van der Waals surface area (Å²) in [4.78, 5) is 15.1. The van der Waals surface area contributed by atoms with Gasteiger partial charge in [-0.3, -0.25) is 0 Å². The molecule has 4 aromatic rings. The number of aromatic nitrogens is 5. The van der Waals surface area contributed by atoms with E-state index in [1.807, 2.05) is 12.1 Å². The Morgan fingerprint density at radius 1 is 1.06 bits per heavy atom. The van der Waals surface area contributed by atoms with E-state index in [1.165, 1.54) is 24.4 Å². The first-order valence-corrected chi connectivity index (χ1v) is 11.4. The van der Waals surface area contributed by atoms with Crippen molar-refractivity contribution >= 4 is 38.4 Å². The van der Waals surface area contributed by atoms with Crippen LogP contribution in [0.2, 0.25) is 0 Å². The Labute approximate surface area is 179 Å². The van der Waals surface area contributed by atoms with E-state index in [1.54, 1.807) is 23.9 Å². The first-order chi connectivity index (χ1) is 15.0. The maximum absolute atomic E-state index is 13.0. The lowest BCUT2D eigenvalue weighted by Gasteiger charge is -2.29. The Kier molecular flexibility index (Phi) is 4.83. The summed E-state index contributed by atoms with van der Waals surface area (Å²) in [6, 6.07) is 9.71. The number of nitrogens with zero attached hydrogens (tertiary/aromatic N) is 6. The number of hydrogen-bond acceptors (Lipinski definition) is 8. The van der Waals surface area contributed by atoms with Crippen LogP contribution < -0.4 is 15.5 Å². The fourth-order valence-corrected chi connectivity index (χ4v) is 4.86. The molecular formula is C20H22N8O2S. The Balaban J connectivity index is 1.42. The molecule has 4 heterocycles. The van der Waals surface area contributed by atoms with Gasteiger partial charge in [-0.1, -0.05) is 0 Å². The van der Waals surface area contributed by atoms with Crippen LogP contribution in [0, 0.1) is 0 Å². The summed E-state index contributed by atoms with van der Waals surface area (Å²) in [5.74, 6) is 0.318. The fourth-order valence-electron chi connectivity index (χ4n) is 3.58. The van der Waals surface area contributed by atoms with Gasteiger partial charge in [-0.2, -0.15) is 13.4 Å². The van der Waals surface area contributed by atoms with E-state index < -0.39 is 10.0 Å². The van der Waals surface area contributed by atoms with Crippen molar-refractivity contribution in [1.82, 2.24) is 28.8 Å². The fraction of sp³-hybridized carbons (Fsp3) is 0.250. The van der Waals surface area contributed by atoms with Gasteiger partial charge in [0.05, 0.1) is 6.33 Å². The molecule has 2 N–H and O–H groups in total. The van der Waals surface area contributed by atoms with Crippen LogP contribution >= 0.6 is 0 Å². The second-order valence-corrected chi connectivity index (χ2v) is 9.14. The maximum Gasteiger partial charge on any atom is 0.288 e. The Morgan fingerprint density at radius 3 is 2.55 bits per heavy atom. The van der Waals surface area contributed by atoms with E-state index in [0.717, 1.165) is 35.8 Å². The molecule has 10 nitrogen and oxygen atoms in total. The van der Waals surface area contributed by atoms with Gasteiger partial charge < -0.3 is 20.1 Å². The molecule has 0 unspecified atom stereocenters. The van der Waals surface area contributed by atoms with Crippen molar-refractivity contribution in [3.63, 3.8) is 0 Å².